The molecule has 0 aliphatic carbocycles. The third kappa shape index (κ3) is 5.59. The third-order valence-electron chi connectivity index (χ3n) is 6.07. The summed E-state index contributed by atoms with van der Waals surface area (Å²) in [5.41, 5.74) is 6.59. The zero-order valence-electron chi connectivity index (χ0n) is 19.6. The molecule has 3 heteroatoms. The summed E-state index contributed by atoms with van der Waals surface area (Å²) in [6, 6.07) is 17.1. The lowest BCUT2D eigenvalue weighted by atomic mass is 9.99. The molecule has 0 N–H and O–H groups in total. The van der Waals surface area contributed by atoms with E-state index in [4.69, 9.17) is 9.47 Å². The molecular formula is C28H37NO2. The zero-order valence-corrected chi connectivity index (χ0v) is 19.6. The Kier molecular flexibility index (Phi) is 8.78. The maximum Gasteiger partial charge on any atom is 0.118 e. The highest BCUT2D eigenvalue weighted by atomic mass is 16.5. The summed E-state index contributed by atoms with van der Waals surface area (Å²) in [7, 11) is 3.50. The highest BCUT2D eigenvalue weighted by Gasteiger charge is 2.19. The van der Waals surface area contributed by atoms with Gasteiger partial charge in [-0.15, -0.1) is 0 Å². The Morgan fingerprint density at radius 1 is 0.935 bits per heavy atom. The van der Waals surface area contributed by atoms with E-state index in [0.29, 0.717) is 6.61 Å². The SMILES string of the molecule is C/C=C(\CCCCCCC)c1c(COC)c2ccccc2n1Cc1ccc(OC)cc1. The second kappa shape index (κ2) is 11.8. The molecule has 31 heavy (non-hydrogen) atoms. The number of methoxy groups -OCH3 is 2. The molecule has 3 aromatic rings. The van der Waals surface area contributed by atoms with Gasteiger partial charge in [0, 0.05) is 30.1 Å². The van der Waals surface area contributed by atoms with Gasteiger partial charge in [-0.3, -0.25) is 0 Å². The number of nitrogens with zero attached hydrogens (tertiary/aromatic N) is 1. The predicted molar refractivity (Wildman–Crippen MR) is 132 cm³/mol. The van der Waals surface area contributed by atoms with Crippen LogP contribution in [0.3, 0.4) is 0 Å². The van der Waals surface area contributed by atoms with Crippen molar-refractivity contribution in [3.8, 4) is 5.75 Å². The van der Waals surface area contributed by atoms with Gasteiger partial charge in [0.1, 0.15) is 5.75 Å². The molecular weight excluding hydrogens is 382 g/mol. The standard InChI is InChI=1S/C28H37NO2/c1-5-7-8-9-10-13-23(6-2)28-26(21-30-3)25-14-11-12-15-27(25)29(28)20-22-16-18-24(31-4)19-17-22/h6,11-12,14-19H,5,7-10,13,20-21H2,1-4H3/b23-6+. The van der Waals surface area contributed by atoms with Crippen LogP contribution < -0.4 is 4.74 Å². The Morgan fingerprint density at radius 3 is 2.35 bits per heavy atom. The number of allylic oxidation sites excluding steroid dienone is 2. The first-order valence-electron chi connectivity index (χ1n) is 11.6. The Balaban J connectivity index is 2.01. The van der Waals surface area contributed by atoms with Crippen molar-refractivity contribution in [2.45, 2.75) is 65.5 Å². The van der Waals surface area contributed by atoms with Crippen LogP contribution in [0.25, 0.3) is 16.5 Å². The molecule has 3 nitrogen and oxygen atoms in total. The fourth-order valence-electron chi connectivity index (χ4n) is 4.43. The first-order chi connectivity index (χ1) is 15.2. The van der Waals surface area contributed by atoms with Crippen LogP contribution in [-0.2, 0) is 17.9 Å². The average molecular weight is 420 g/mol. The number of fused-ring (bicyclic) bond motifs is 1. The smallest absolute Gasteiger partial charge is 0.118 e. The van der Waals surface area contributed by atoms with E-state index < -0.39 is 0 Å². The van der Waals surface area contributed by atoms with Gasteiger partial charge in [-0.1, -0.05) is 69.0 Å². The minimum Gasteiger partial charge on any atom is -0.497 e. The van der Waals surface area contributed by atoms with Crippen molar-refractivity contribution in [2.75, 3.05) is 14.2 Å². The minimum atomic E-state index is 0.624. The number of aromatic nitrogens is 1. The summed E-state index contributed by atoms with van der Waals surface area (Å²) in [6.07, 6.45) is 9.88. The fraction of sp³-hybridized carbons (Fsp3) is 0.429. The number of rotatable bonds is 12. The highest BCUT2D eigenvalue weighted by Crippen LogP contribution is 2.35. The zero-order chi connectivity index (χ0) is 22.1. The molecule has 0 saturated carbocycles. The normalized spacial score (nSPS) is 11.9. The van der Waals surface area contributed by atoms with Crippen LogP contribution in [0.4, 0.5) is 0 Å². The second-order valence-electron chi connectivity index (χ2n) is 8.19. The molecule has 0 aliphatic heterocycles. The Bertz CT molecular complexity index is 982. The van der Waals surface area contributed by atoms with Crippen LogP contribution in [0.5, 0.6) is 5.75 Å². The Labute approximate surface area is 187 Å². The van der Waals surface area contributed by atoms with Crippen molar-refractivity contribution in [1.29, 1.82) is 0 Å². The molecule has 0 bridgehead atoms. The molecule has 3 rings (SSSR count). The first kappa shape index (κ1) is 23.1. The molecule has 0 radical (unpaired) electrons. The average Bonchev–Trinajstić information content (AvgIpc) is 3.10. The van der Waals surface area contributed by atoms with Gasteiger partial charge in [0.2, 0.25) is 0 Å². The Morgan fingerprint density at radius 2 is 1.68 bits per heavy atom. The van der Waals surface area contributed by atoms with Gasteiger partial charge in [-0.05, 0) is 49.1 Å². The number of para-hydroxylation sites is 1. The van der Waals surface area contributed by atoms with Crippen molar-refractivity contribution in [3.05, 3.63) is 71.4 Å². The van der Waals surface area contributed by atoms with Crippen molar-refractivity contribution in [3.63, 3.8) is 0 Å². The lowest BCUT2D eigenvalue weighted by Gasteiger charge is -2.16. The molecule has 1 aromatic heterocycles. The van der Waals surface area contributed by atoms with E-state index in [9.17, 15) is 0 Å². The lowest BCUT2D eigenvalue weighted by molar-refractivity contribution is 0.185. The van der Waals surface area contributed by atoms with Crippen molar-refractivity contribution < 1.29 is 9.47 Å². The van der Waals surface area contributed by atoms with Crippen LogP contribution in [0.2, 0.25) is 0 Å². The van der Waals surface area contributed by atoms with E-state index in [1.807, 2.05) is 12.1 Å². The van der Waals surface area contributed by atoms with Crippen molar-refractivity contribution in [1.82, 2.24) is 4.57 Å². The van der Waals surface area contributed by atoms with E-state index in [1.54, 1.807) is 14.2 Å². The molecule has 0 amide bonds. The van der Waals surface area contributed by atoms with Crippen LogP contribution in [-0.4, -0.2) is 18.8 Å². The van der Waals surface area contributed by atoms with Crippen LogP contribution in [0, 0.1) is 0 Å². The van der Waals surface area contributed by atoms with E-state index in [2.05, 4.69) is 60.9 Å². The van der Waals surface area contributed by atoms with E-state index in [1.165, 1.54) is 65.4 Å². The van der Waals surface area contributed by atoms with Gasteiger partial charge in [0.05, 0.1) is 19.4 Å². The minimum absolute atomic E-state index is 0.624. The largest absolute Gasteiger partial charge is 0.497 e. The summed E-state index contributed by atoms with van der Waals surface area (Å²) in [4.78, 5) is 0. The van der Waals surface area contributed by atoms with Gasteiger partial charge >= 0.3 is 0 Å². The number of ether oxygens (including phenoxy) is 2. The number of hydrogen-bond acceptors (Lipinski definition) is 2. The van der Waals surface area contributed by atoms with Gasteiger partial charge in [0.15, 0.2) is 0 Å². The topological polar surface area (TPSA) is 23.4 Å². The van der Waals surface area contributed by atoms with E-state index in [-0.39, 0.29) is 0 Å². The first-order valence-corrected chi connectivity index (χ1v) is 11.6. The molecule has 0 fully saturated rings. The van der Waals surface area contributed by atoms with Gasteiger partial charge in [0.25, 0.3) is 0 Å². The Hall–Kier alpha value is -2.52. The maximum absolute atomic E-state index is 5.67. The molecule has 0 atom stereocenters. The number of unbranched alkanes of at least 4 members (excludes halogenated alkanes) is 4. The second-order valence-corrected chi connectivity index (χ2v) is 8.19. The molecule has 0 saturated heterocycles. The molecule has 0 aliphatic rings. The predicted octanol–water partition coefficient (Wildman–Crippen LogP) is 7.61. The summed E-state index contributed by atoms with van der Waals surface area (Å²) >= 11 is 0. The number of hydrogen-bond donors (Lipinski definition) is 0. The maximum atomic E-state index is 5.67. The fourth-order valence-corrected chi connectivity index (χ4v) is 4.43. The number of benzene rings is 2. The third-order valence-corrected chi connectivity index (χ3v) is 6.07. The molecule has 2 aromatic carbocycles. The summed E-state index contributed by atoms with van der Waals surface area (Å²) in [5.74, 6) is 0.891. The quantitative estimate of drug-likeness (QED) is 0.282. The highest BCUT2D eigenvalue weighted by molar-refractivity contribution is 5.90. The summed E-state index contributed by atoms with van der Waals surface area (Å²) in [5, 5.41) is 1.29. The molecule has 166 valence electrons. The van der Waals surface area contributed by atoms with Crippen LogP contribution in [0.15, 0.2) is 54.6 Å². The van der Waals surface area contributed by atoms with Gasteiger partial charge in [-0.25, -0.2) is 0 Å². The van der Waals surface area contributed by atoms with E-state index >= 15 is 0 Å². The van der Waals surface area contributed by atoms with Gasteiger partial charge < -0.3 is 14.0 Å². The summed E-state index contributed by atoms with van der Waals surface area (Å²) in [6.45, 7) is 5.90. The van der Waals surface area contributed by atoms with Crippen molar-refractivity contribution >= 4 is 16.5 Å². The van der Waals surface area contributed by atoms with Crippen molar-refractivity contribution in [2.24, 2.45) is 0 Å². The van der Waals surface area contributed by atoms with Gasteiger partial charge in [-0.2, -0.15) is 0 Å². The molecule has 1 heterocycles. The monoisotopic (exact) mass is 419 g/mol. The molecule has 0 spiro atoms. The summed E-state index contributed by atoms with van der Waals surface area (Å²) < 4.78 is 13.5. The van der Waals surface area contributed by atoms with Crippen LogP contribution >= 0.6 is 0 Å². The van der Waals surface area contributed by atoms with E-state index in [0.717, 1.165) is 18.7 Å². The molecule has 0 unspecified atom stereocenters. The lowest BCUT2D eigenvalue weighted by Crippen LogP contribution is -2.06. The van der Waals surface area contributed by atoms with Crippen LogP contribution in [0.1, 0.15) is 69.2 Å².